The molecule has 8 aromatic carbocycles. The van der Waals surface area contributed by atoms with Crippen molar-refractivity contribution >= 4 is 32.3 Å². The van der Waals surface area contributed by atoms with Crippen molar-refractivity contribution in [3.05, 3.63) is 175 Å². The van der Waals surface area contributed by atoms with E-state index in [0.717, 1.165) is 22.1 Å². The van der Waals surface area contributed by atoms with Crippen molar-refractivity contribution in [2.45, 2.75) is 19.3 Å². The first kappa shape index (κ1) is 29.5. The topological polar surface area (TPSA) is 38.7 Å². The Hall–Kier alpha value is -6.45. The molecular weight excluding hydrogens is 619 g/mol. The number of hydrogen-bond acceptors (Lipinski definition) is 3. The Labute approximate surface area is 297 Å². The average molecular weight is 652 g/mol. The summed E-state index contributed by atoms with van der Waals surface area (Å²) in [5.74, 6) is 1.98. The zero-order chi connectivity index (χ0) is 34.1. The van der Waals surface area contributed by atoms with Crippen molar-refractivity contribution in [3.63, 3.8) is 0 Å². The number of rotatable bonds is 4. The van der Waals surface area contributed by atoms with Gasteiger partial charge in [-0.05, 0) is 72.4 Å². The molecule has 240 valence electrons. The molecule has 0 spiro atoms. The second-order valence-corrected chi connectivity index (χ2v) is 14.0. The lowest BCUT2D eigenvalue weighted by Gasteiger charge is -2.22. The van der Waals surface area contributed by atoms with Crippen molar-refractivity contribution in [2.75, 3.05) is 0 Å². The van der Waals surface area contributed by atoms with Crippen LogP contribution in [0.5, 0.6) is 0 Å². The van der Waals surface area contributed by atoms with E-state index in [1.165, 1.54) is 60.3 Å². The highest BCUT2D eigenvalue weighted by atomic mass is 15.0. The third-order valence-electron chi connectivity index (χ3n) is 10.7. The van der Waals surface area contributed by atoms with Crippen LogP contribution >= 0.6 is 0 Å². The van der Waals surface area contributed by atoms with Crippen molar-refractivity contribution in [2.24, 2.45) is 0 Å². The van der Waals surface area contributed by atoms with Gasteiger partial charge in [-0.2, -0.15) is 0 Å². The fourth-order valence-corrected chi connectivity index (χ4v) is 8.18. The SMILES string of the molecule is CC1(C)c2ccccc2-c2ccc(-c3ccc4c(c3)c3ccccc3c3cccc(-c5nc(-c6ccccc6)nc(-c6ccccc6)n5)c34)cc21. The van der Waals surface area contributed by atoms with Crippen LogP contribution < -0.4 is 0 Å². The number of nitrogens with zero attached hydrogens (tertiary/aromatic N) is 3. The minimum atomic E-state index is -0.0572. The van der Waals surface area contributed by atoms with Gasteiger partial charge < -0.3 is 0 Å². The first-order valence-corrected chi connectivity index (χ1v) is 17.5. The third kappa shape index (κ3) is 4.62. The van der Waals surface area contributed by atoms with Gasteiger partial charge in [0.25, 0.3) is 0 Å². The summed E-state index contributed by atoms with van der Waals surface area (Å²) < 4.78 is 0. The summed E-state index contributed by atoms with van der Waals surface area (Å²) in [7, 11) is 0. The van der Waals surface area contributed by atoms with Crippen molar-refractivity contribution in [1.29, 1.82) is 0 Å². The van der Waals surface area contributed by atoms with E-state index in [4.69, 9.17) is 15.0 Å². The molecule has 0 N–H and O–H groups in total. The van der Waals surface area contributed by atoms with E-state index in [1.807, 2.05) is 36.4 Å². The first-order chi connectivity index (χ1) is 25.0. The standard InChI is InChI=1S/C48H33N3/c1-48(2)42-23-12-11-20-36(42)37-26-24-33(29-43(37)48)32-25-27-39-41(28-32)35-19-10-9-18-34(35)38-21-13-22-40(44(38)39)47-50-45(30-14-5-3-6-15-30)49-46(51-47)31-16-7-4-8-17-31/h3-29H,1-2H3. The molecule has 0 fully saturated rings. The fourth-order valence-electron chi connectivity index (χ4n) is 8.18. The van der Waals surface area contributed by atoms with Crippen LogP contribution in [0.25, 0.3) is 88.7 Å². The average Bonchev–Trinajstić information content (AvgIpc) is 3.43. The summed E-state index contributed by atoms with van der Waals surface area (Å²) >= 11 is 0. The van der Waals surface area contributed by atoms with Gasteiger partial charge in [-0.3, -0.25) is 0 Å². The molecule has 51 heavy (non-hydrogen) atoms. The van der Waals surface area contributed by atoms with Crippen LogP contribution in [-0.2, 0) is 5.41 Å². The Balaban J connectivity index is 1.21. The number of benzene rings is 8. The molecule has 10 rings (SSSR count). The van der Waals surface area contributed by atoms with Gasteiger partial charge in [0.05, 0.1) is 0 Å². The lowest BCUT2D eigenvalue weighted by atomic mass is 9.81. The normalized spacial score (nSPS) is 13.1. The van der Waals surface area contributed by atoms with E-state index >= 15 is 0 Å². The van der Waals surface area contributed by atoms with Crippen LogP contribution in [0.1, 0.15) is 25.0 Å². The maximum atomic E-state index is 5.14. The monoisotopic (exact) mass is 651 g/mol. The highest BCUT2D eigenvalue weighted by Crippen LogP contribution is 2.50. The molecule has 0 bridgehead atoms. The largest absolute Gasteiger partial charge is 0.208 e. The van der Waals surface area contributed by atoms with Crippen LogP contribution in [0.15, 0.2) is 164 Å². The van der Waals surface area contributed by atoms with Crippen molar-refractivity contribution < 1.29 is 0 Å². The first-order valence-electron chi connectivity index (χ1n) is 17.5. The zero-order valence-electron chi connectivity index (χ0n) is 28.4. The quantitative estimate of drug-likeness (QED) is 0.178. The maximum Gasteiger partial charge on any atom is 0.164 e. The second-order valence-electron chi connectivity index (χ2n) is 14.0. The zero-order valence-corrected chi connectivity index (χ0v) is 28.4. The van der Waals surface area contributed by atoms with Gasteiger partial charge in [-0.25, -0.2) is 15.0 Å². The fraction of sp³-hybridized carbons (Fsp3) is 0.0625. The Morgan fingerprint density at radius 2 is 0.843 bits per heavy atom. The molecule has 1 heterocycles. The summed E-state index contributed by atoms with van der Waals surface area (Å²) in [6.45, 7) is 4.69. The van der Waals surface area contributed by atoms with Gasteiger partial charge in [-0.1, -0.05) is 166 Å². The van der Waals surface area contributed by atoms with Crippen molar-refractivity contribution in [3.8, 4) is 56.4 Å². The Morgan fingerprint density at radius 1 is 0.333 bits per heavy atom. The lowest BCUT2D eigenvalue weighted by molar-refractivity contribution is 0.660. The molecule has 0 radical (unpaired) electrons. The van der Waals surface area contributed by atoms with Gasteiger partial charge in [0, 0.05) is 27.5 Å². The summed E-state index contributed by atoms with van der Waals surface area (Å²) in [6.07, 6.45) is 0. The smallest absolute Gasteiger partial charge is 0.164 e. The number of fused-ring (bicyclic) bond motifs is 9. The van der Waals surface area contributed by atoms with E-state index in [2.05, 4.69) is 141 Å². The minimum absolute atomic E-state index is 0.0572. The van der Waals surface area contributed by atoms with E-state index in [1.54, 1.807) is 0 Å². The van der Waals surface area contributed by atoms with Crippen LogP contribution in [-0.4, -0.2) is 15.0 Å². The highest BCUT2D eigenvalue weighted by Gasteiger charge is 2.35. The van der Waals surface area contributed by atoms with Gasteiger partial charge >= 0.3 is 0 Å². The molecule has 1 aliphatic rings. The Kier molecular flexibility index (Phi) is 6.53. The molecule has 3 heteroatoms. The van der Waals surface area contributed by atoms with Gasteiger partial charge in [0.1, 0.15) is 0 Å². The molecule has 0 amide bonds. The number of aromatic nitrogens is 3. The summed E-state index contributed by atoms with van der Waals surface area (Å²) in [5.41, 5.74) is 10.7. The summed E-state index contributed by atoms with van der Waals surface area (Å²) in [6, 6.07) is 58.4. The predicted octanol–water partition coefficient (Wildman–Crippen LogP) is 12.3. The van der Waals surface area contributed by atoms with E-state index in [0.29, 0.717) is 17.5 Å². The van der Waals surface area contributed by atoms with E-state index in [-0.39, 0.29) is 5.41 Å². The number of hydrogen-bond donors (Lipinski definition) is 0. The molecular formula is C48H33N3. The third-order valence-corrected chi connectivity index (χ3v) is 10.7. The Bertz CT molecular complexity index is 2760. The van der Waals surface area contributed by atoms with Crippen LogP contribution in [0.4, 0.5) is 0 Å². The van der Waals surface area contributed by atoms with Gasteiger partial charge in [0.15, 0.2) is 17.5 Å². The lowest BCUT2D eigenvalue weighted by Crippen LogP contribution is -2.14. The summed E-state index contributed by atoms with van der Waals surface area (Å²) in [5, 5.41) is 7.17. The molecule has 0 saturated heterocycles. The van der Waals surface area contributed by atoms with E-state index in [9.17, 15) is 0 Å². The molecule has 0 aliphatic heterocycles. The maximum absolute atomic E-state index is 5.14. The molecule has 9 aromatic rings. The highest BCUT2D eigenvalue weighted by molar-refractivity contribution is 6.28. The molecule has 0 saturated carbocycles. The van der Waals surface area contributed by atoms with Crippen LogP contribution in [0.2, 0.25) is 0 Å². The second kappa shape index (κ2) is 11.3. The van der Waals surface area contributed by atoms with Gasteiger partial charge in [-0.15, -0.1) is 0 Å². The molecule has 0 atom stereocenters. The molecule has 0 unspecified atom stereocenters. The molecule has 1 aromatic heterocycles. The molecule has 1 aliphatic carbocycles. The van der Waals surface area contributed by atoms with Crippen LogP contribution in [0.3, 0.4) is 0 Å². The van der Waals surface area contributed by atoms with Crippen molar-refractivity contribution in [1.82, 2.24) is 15.0 Å². The Morgan fingerprint density at radius 3 is 1.57 bits per heavy atom. The van der Waals surface area contributed by atoms with Crippen LogP contribution in [0, 0.1) is 0 Å². The van der Waals surface area contributed by atoms with E-state index < -0.39 is 0 Å². The predicted molar refractivity (Wildman–Crippen MR) is 212 cm³/mol. The summed E-state index contributed by atoms with van der Waals surface area (Å²) in [4.78, 5) is 15.2. The molecule has 3 nitrogen and oxygen atoms in total. The van der Waals surface area contributed by atoms with Gasteiger partial charge in [0.2, 0.25) is 0 Å². The minimum Gasteiger partial charge on any atom is -0.208 e.